The maximum atomic E-state index is 11.8. The summed E-state index contributed by atoms with van der Waals surface area (Å²) in [7, 11) is 1.61. The number of nitrogens with one attached hydrogen (secondary N) is 2. The third-order valence-corrected chi connectivity index (χ3v) is 4.21. The number of amides is 1. The Balaban J connectivity index is 1.74. The molecule has 2 N–H and O–H groups in total. The molecule has 1 amide bonds. The van der Waals surface area contributed by atoms with Crippen LogP contribution in [-0.2, 0) is 11.3 Å². The summed E-state index contributed by atoms with van der Waals surface area (Å²) < 4.78 is 6.16. The van der Waals surface area contributed by atoms with Gasteiger partial charge in [0, 0.05) is 17.1 Å². The van der Waals surface area contributed by atoms with Gasteiger partial charge in [-0.2, -0.15) is 0 Å². The summed E-state index contributed by atoms with van der Waals surface area (Å²) in [5.74, 6) is 0.704. The Kier molecular flexibility index (Phi) is 5.58. The number of thiophene rings is 1. The van der Waals surface area contributed by atoms with E-state index in [-0.39, 0.29) is 12.5 Å². The Hall–Kier alpha value is -1.37. The van der Waals surface area contributed by atoms with Gasteiger partial charge in [0.2, 0.25) is 5.91 Å². The second-order valence-electron chi connectivity index (χ2n) is 4.09. The number of carbonyl (C=O) groups is 1. The summed E-state index contributed by atoms with van der Waals surface area (Å²) in [4.78, 5) is 12.9. The van der Waals surface area contributed by atoms with Gasteiger partial charge in [0.15, 0.2) is 0 Å². The Morgan fingerprint density at radius 1 is 1.25 bits per heavy atom. The lowest BCUT2D eigenvalue weighted by Gasteiger charge is -2.07. The predicted molar refractivity (Wildman–Crippen MR) is 85.3 cm³/mol. The molecule has 0 saturated heterocycles. The Bertz CT molecular complexity index is 569. The minimum atomic E-state index is -0.0641. The topological polar surface area (TPSA) is 50.4 Å². The van der Waals surface area contributed by atoms with Gasteiger partial charge in [-0.05, 0) is 52.3 Å². The highest BCUT2D eigenvalue weighted by Crippen LogP contribution is 2.21. The van der Waals surface area contributed by atoms with Crippen molar-refractivity contribution in [3.8, 4) is 5.75 Å². The van der Waals surface area contributed by atoms with Gasteiger partial charge in [-0.1, -0.05) is 0 Å². The molecule has 1 aromatic heterocycles. The Morgan fingerprint density at radius 2 is 2.00 bits per heavy atom. The summed E-state index contributed by atoms with van der Waals surface area (Å²) >= 11 is 5.07. The molecule has 0 aliphatic heterocycles. The van der Waals surface area contributed by atoms with E-state index in [0.29, 0.717) is 6.54 Å². The molecule has 0 aliphatic rings. The highest BCUT2D eigenvalue weighted by Gasteiger charge is 2.03. The quantitative estimate of drug-likeness (QED) is 0.836. The number of hydrogen-bond donors (Lipinski definition) is 2. The molecule has 20 heavy (non-hydrogen) atoms. The molecule has 0 unspecified atom stereocenters. The molecule has 1 aromatic carbocycles. The van der Waals surface area contributed by atoms with Gasteiger partial charge in [0.05, 0.1) is 17.4 Å². The summed E-state index contributed by atoms with van der Waals surface area (Å²) in [6.45, 7) is 0.966. The average Bonchev–Trinajstić information content (AvgIpc) is 2.85. The number of anilines is 1. The van der Waals surface area contributed by atoms with E-state index in [2.05, 4.69) is 26.6 Å². The second kappa shape index (κ2) is 7.42. The number of halogens is 1. The van der Waals surface area contributed by atoms with Crippen molar-refractivity contribution in [2.75, 3.05) is 19.0 Å². The summed E-state index contributed by atoms with van der Waals surface area (Å²) in [6, 6.07) is 11.3. The van der Waals surface area contributed by atoms with Crippen molar-refractivity contribution < 1.29 is 9.53 Å². The number of hydrogen-bond acceptors (Lipinski definition) is 4. The van der Waals surface area contributed by atoms with Crippen LogP contribution in [0.15, 0.2) is 40.2 Å². The van der Waals surface area contributed by atoms with Crippen LogP contribution in [0, 0.1) is 0 Å². The van der Waals surface area contributed by atoms with E-state index in [4.69, 9.17) is 4.74 Å². The van der Waals surface area contributed by atoms with Crippen LogP contribution >= 0.6 is 27.3 Å². The second-order valence-corrected chi connectivity index (χ2v) is 6.63. The Labute approximate surface area is 130 Å². The molecule has 0 bridgehead atoms. The fourth-order valence-corrected chi connectivity index (χ4v) is 3.08. The van der Waals surface area contributed by atoms with Crippen LogP contribution in [0.4, 0.5) is 5.69 Å². The molecule has 0 aliphatic carbocycles. The molecule has 1 heterocycles. The summed E-state index contributed by atoms with van der Waals surface area (Å²) in [5.41, 5.74) is 0.761. The molecule has 2 aromatic rings. The first kappa shape index (κ1) is 15.0. The lowest BCUT2D eigenvalue weighted by atomic mass is 10.3. The van der Waals surface area contributed by atoms with Gasteiger partial charge in [-0.3, -0.25) is 4.79 Å². The lowest BCUT2D eigenvalue weighted by molar-refractivity contribution is -0.115. The third-order valence-electron chi connectivity index (χ3n) is 2.59. The first-order valence-electron chi connectivity index (χ1n) is 6.06. The van der Waals surface area contributed by atoms with Crippen LogP contribution in [0.1, 0.15) is 4.88 Å². The molecular weight excluding hydrogens is 340 g/mol. The molecule has 0 fully saturated rings. The van der Waals surface area contributed by atoms with E-state index < -0.39 is 0 Å². The maximum Gasteiger partial charge on any atom is 0.238 e. The highest BCUT2D eigenvalue weighted by molar-refractivity contribution is 9.11. The molecular formula is C14H15BrN2O2S. The van der Waals surface area contributed by atoms with E-state index in [1.165, 1.54) is 4.88 Å². The average molecular weight is 355 g/mol. The lowest BCUT2D eigenvalue weighted by Crippen LogP contribution is -2.27. The fraction of sp³-hybridized carbons (Fsp3) is 0.214. The van der Waals surface area contributed by atoms with Crippen LogP contribution in [0.3, 0.4) is 0 Å². The summed E-state index contributed by atoms with van der Waals surface area (Å²) in [5, 5.41) is 5.93. The largest absolute Gasteiger partial charge is 0.497 e. The smallest absolute Gasteiger partial charge is 0.238 e. The van der Waals surface area contributed by atoms with Gasteiger partial charge in [0.25, 0.3) is 0 Å². The molecule has 4 nitrogen and oxygen atoms in total. The predicted octanol–water partition coefficient (Wildman–Crippen LogP) is 3.25. The van der Waals surface area contributed by atoms with E-state index >= 15 is 0 Å². The van der Waals surface area contributed by atoms with Crippen molar-refractivity contribution in [1.29, 1.82) is 0 Å². The normalized spacial score (nSPS) is 10.3. The van der Waals surface area contributed by atoms with Crippen LogP contribution in [0.2, 0.25) is 0 Å². The molecule has 0 radical (unpaired) electrons. The minimum absolute atomic E-state index is 0.0641. The highest BCUT2D eigenvalue weighted by atomic mass is 79.9. The van der Waals surface area contributed by atoms with E-state index in [1.807, 2.05) is 36.4 Å². The van der Waals surface area contributed by atoms with E-state index in [1.54, 1.807) is 18.4 Å². The number of ether oxygens (including phenoxy) is 1. The van der Waals surface area contributed by atoms with Crippen molar-refractivity contribution in [1.82, 2.24) is 5.32 Å². The minimum Gasteiger partial charge on any atom is -0.497 e. The van der Waals surface area contributed by atoms with Crippen molar-refractivity contribution in [2.45, 2.75) is 6.54 Å². The van der Waals surface area contributed by atoms with Crippen molar-refractivity contribution in [3.63, 3.8) is 0 Å². The monoisotopic (exact) mass is 354 g/mol. The number of carbonyl (C=O) groups excluding carboxylic acids is 1. The van der Waals surface area contributed by atoms with E-state index in [0.717, 1.165) is 15.2 Å². The van der Waals surface area contributed by atoms with Crippen LogP contribution in [0.5, 0.6) is 5.75 Å². The molecule has 6 heteroatoms. The molecule has 0 spiro atoms. The Morgan fingerprint density at radius 3 is 2.60 bits per heavy atom. The number of methoxy groups -OCH3 is 1. The molecule has 2 rings (SSSR count). The summed E-state index contributed by atoms with van der Waals surface area (Å²) in [6.07, 6.45) is 0. The maximum absolute atomic E-state index is 11.8. The standard InChI is InChI=1S/C14H15BrN2O2S/c1-19-11-4-2-10(3-5-11)17-14(18)9-16-8-12-6-7-13(15)20-12/h2-7,16H,8-9H2,1H3,(H,17,18). The van der Waals surface area contributed by atoms with Gasteiger partial charge in [0.1, 0.15) is 5.75 Å². The molecule has 0 atom stereocenters. The zero-order chi connectivity index (χ0) is 14.4. The number of benzene rings is 1. The third kappa shape index (κ3) is 4.63. The van der Waals surface area contributed by atoms with Gasteiger partial charge in [-0.25, -0.2) is 0 Å². The van der Waals surface area contributed by atoms with Gasteiger partial charge >= 0.3 is 0 Å². The zero-order valence-electron chi connectivity index (χ0n) is 11.0. The van der Waals surface area contributed by atoms with Crippen LogP contribution < -0.4 is 15.4 Å². The van der Waals surface area contributed by atoms with Crippen LogP contribution in [0.25, 0.3) is 0 Å². The van der Waals surface area contributed by atoms with Crippen molar-refractivity contribution in [2.24, 2.45) is 0 Å². The zero-order valence-corrected chi connectivity index (χ0v) is 13.4. The van der Waals surface area contributed by atoms with Crippen molar-refractivity contribution in [3.05, 3.63) is 45.1 Å². The molecule has 0 saturated carbocycles. The van der Waals surface area contributed by atoms with E-state index in [9.17, 15) is 4.79 Å². The van der Waals surface area contributed by atoms with Gasteiger partial charge in [-0.15, -0.1) is 11.3 Å². The number of rotatable bonds is 6. The van der Waals surface area contributed by atoms with Gasteiger partial charge < -0.3 is 15.4 Å². The van der Waals surface area contributed by atoms with Crippen LogP contribution in [-0.4, -0.2) is 19.6 Å². The first-order chi connectivity index (χ1) is 9.67. The first-order valence-corrected chi connectivity index (χ1v) is 7.67. The fourth-order valence-electron chi connectivity index (χ4n) is 1.63. The SMILES string of the molecule is COc1ccc(NC(=O)CNCc2ccc(Br)s2)cc1. The van der Waals surface area contributed by atoms with Crippen molar-refractivity contribution >= 4 is 38.9 Å². The molecule has 106 valence electrons.